The molecule has 180 valence electrons. The van der Waals surface area contributed by atoms with Crippen molar-refractivity contribution in [2.45, 2.75) is 51.5 Å². The van der Waals surface area contributed by atoms with Gasteiger partial charge in [0.1, 0.15) is 17.2 Å². The molecule has 4 aromatic rings. The number of carbonyl (C=O) groups is 1. The first-order valence-corrected chi connectivity index (χ1v) is 11.3. The average molecular weight is 479 g/mol. The maximum Gasteiger partial charge on any atom is 0.275 e. The number of hydrogen-bond acceptors (Lipinski definition) is 7. The Morgan fingerprint density at radius 1 is 1.26 bits per heavy atom. The third-order valence-electron chi connectivity index (χ3n) is 5.98. The summed E-state index contributed by atoms with van der Waals surface area (Å²) in [7, 11) is 0. The van der Waals surface area contributed by atoms with Crippen LogP contribution in [0.3, 0.4) is 0 Å². The molecule has 1 unspecified atom stereocenters. The van der Waals surface area contributed by atoms with Gasteiger partial charge in [0.2, 0.25) is 5.82 Å². The topological polar surface area (TPSA) is 116 Å². The first-order valence-electron chi connectivity index (χ1n) is 11.3. The summed E-state index contributed by atoms with van der Waals surface area (Å²) in [5, 5.41) is 14.5. The first-order chi connectivity index (χ1) is 16.9. The normalized spacial score (nSPS) is 14.3. The van der Waals surface area contributed by atoms with E-state index in [2.05, 4.69) is 35.8 Å². The van der Waals surface area contributed by atoms with Gasteiger partial charge >= 0.3 is 0 Å². The molecular weight excluding hydrogens is 456 g/mol. The number of anilines is 1. The Labute approximate surface area is 199 Å². The zero-order valence-corrected chi connectivity index (χ0v) is 19.1. The van der Waals surface area contributed by atoms with Crippen molar-refractivity contribution in [1.82, 2.24) is 39.7 Å². The largest absolute Gasteiger partial charge is 0.305 e. The molecule has 5 rings (SSSR count). The lowest BCUT2D eigenvalue weighted by molar-refractivity contribution is 0.102. The highest BCUT2D eigenvalue weighted by Gasteiger charge is 2.27. The van der Waals surface area contributed by atoms with Crippen LogP contribution in [0.2, 0.25) is 0 Å². The minimum Gasteiger partial charge on any atom is -0.305 e. The Balaban J connectivity index is 1.41. The Morgan fingerprint density at radius 3 is 2.83 bits per heavy atom. The van der Waals surface area contributed by atoms with Crippen molar-refractivity contribution in [3.63, 3.8) is 0 Å². The number of hydrogen-bond donors (Lipinski definition) is 1. The molecule has 1 saturated carbocycles. The number of aromatic nitrogens is 8. The summed E-state index contributed by atoms with van der Waals surface area (Å²) >= 11 is 0. The van der Waals surface area contributed by atoms with E-state index in [1.807, 2.05) is 13.8 Å². The van der Waals surface area contributed by atoms with Crippen LogP contribution in [0.4, 0.5) is 14.6 Å². The van der Waals surface area contributed by atoms with E-state index >= 15 is 0 Å². The highest BCUT2D eigenvalue weighted by Crippen LogP contribution is 2.39. The summed E-state index contributed by atoms with van der Waals surface area (Å²) in [5.74, 6) is 0.520. The van der Waals surface area contributed by atoms with Gasteiger partial charge in [0.05, 0.1) is 29.3 Å². The Kier molecular flexibility index (Phi) is 6.01. The lowest BCUT2D eigenvalue weighted by Crippen LogP contribution is -2.16. The summed E-state index contributed by atoms with van der Waals surface area (Å²) in [4.78, 5) is 25.7. The highest BCUT2D eigenvalue weighted by molar-refractivity contribution is 6.02. The van der Waals surface area contributed by atoms with Crippen LogP contribution in [0.5, 0.6) is 0 Å². The van der Waals surface area contributed by atoms with Crippen LogP contribution in [-0.4, -0.2) is 45.6 Å². The molecule has 35 heavy (non-hydrogen) atoms. The molecule has 4 aromatic heterocycles. The van der Waals surface area contributed by atoms with Gasteiger partial charge in [-0.05, 0) is 54.8 Å². The van der Waals surface area contributed by atoms with Crippen LogP contribution < -0.4 is 5.32 Å². The molecule has 0 radical (unpaired) electrons. The second-order valence-corrected chi connectivity index (χ2v) is 8.48. The quantitative estimate of drug-likeness (QED) is 0.399. The fourth-order valence-corrected chi connectivity index (χ4v) is 3.67. The standard InChI is InChI=1S/C23H23F2N9O/c1-3-13(2)34-22(30-31-32-34)16-5-4-6-20(28-16)29-23(35)17-9-19(15(10-26-17)21(24)25)33-11-18(27-12-33)14-7-8-14/h4-6,9-14,21H,3,7-8H2,1-2H3,(H,28,29,35). The van der Waals surface area contributed by atoms with Gasteiger partial charge in [0, 0.05) is 18.3 Å². The lowest BCUT2D eigenvalue weighted by Gasteiger charge is -2.12. The summed E-state index contributed by atoms with van der Waals surface area (Å²) < 4.78 is 30.5. The monoisotopic (exact) mass is 479 g/mol. The van der Waals surface area contributed by atoms with Gasteiger partial charge in [-0.3, -0.25) is 9.78 Å². The molecule has 0 spiro atoms. The number of rotatable bonds is 8. The molecule has 0 aliphatic heterocycles. The number of pyridine rings is 2. The third kappa shape index (κ3) is 4.63. The lowest BCUT2D eigenvalue weighted by atomic mass is 10.2. The van der Waals surface area contributed by atoms with Gasteiger partial charge < -0.3 is 9.88 Å². The van der Waals surface area contributed by atoms with Crippen molar-refractivity contribution in [2.75, 3.05) is 5.32 Å². The third-order valence-corrected chi connectivity index (χ3v) is 5.98. The SMILES string of the molecule is CCC(C)n1nnnc1-c1cccc(NC(=O)c2cc(-n3cnc(C4CC4)c3)c(C(F)F)cn2)n1. The maximum absolute atomic E-state index is 13.7. The molecule has 12 heteroatoms. The summed E-state index contributed by atoms with van der Waals surface area (Å²) in [6.45, 7) is 4.02. The van der Waals surface area contributed by atoms with Crippen LogP contribution >= 0.6 is 0 Å². The fourth-order valence-electron chi connectivity index (χ4n) is 3.67. The molecule has 0 bridgehead atoms. The molecule has 1 fully saturated rings. The molecule has 10 nitrogen and oxygen atoms in total. The zero-order chi connectivity index (χ0) is 24.5. The van der Waals surface area contributed by atoms with E-state index in [4.69, 9.17) is 0 Å². The molecule has 1 amide bonds. The number of alkyl halides is 2. The minimum absolute atomic E-state index is 0.0253. The molecule has 1 aliphatic carbocycles. The molecule has 0 aromatic carbocycles. The predicted octanol–water partition coefficient (Wildman–Crippen LogP) is 4.35. The number of tetrazole rings is 1. The van der Waals surface area contributed by atoms with Gasteiger partial charge in [0.25, 0.3) is 12.3 Å². The number of halogens is 2. The van der Waals surface area contributed by atoms with Gasteiger partial charge in [-0.1, -0.05) is 13.0 Å². The summed E-state index contributed by atoms with van der Waals surface area (Å²) in [6, 6.07) is 6.48. The van der Waals surface area contributed by atoms with Crippen molar-refractivity contribution < 1.29 is 13.6 Å². The highest BCUT2D eigenvalue weighted by atomic mass is 19.3. The summed E-state index contributed by atoms with van der Waals surface area (Å²) in [6.07, 6.45) is 4.40. The molecule has 1 atom stereocenters. The van der Waals surface area contributed by atoms with Gasteiger partial charge in [-0.25, -0.2) is 23.4 Å². The minimum atomic E-state index is -2.75. The predicted molar refractivity (Wildman–Crippen MR) is 122 cm³/mol. The van der Waals surface area contributed by atoms with Crippen molar-refractivity contribution in [3.8, 4) is 17.2 Å². The number of nitrogens with one attached hydrogen (secondary N) is 1. The van der Waals surface area contributed by atoms with E-state index in [0.29, 0.717) is 17.4 Å². The van der Waals surface area contributed by atoms with Crippen LogP contribution in [0.1, 0.15) is 73.2 Å². The number of carbonyl (C=O) groups excluding carboxylic acids is 1. The maximum atomic E-state index is 13.7. The van der Waals surface area contributed by atoms with Gasteiger partial charge in [0.15, 0.2) is 0 Å². The van der Waals surface area contributed by atoms with E-state index in [1.165, 1.54) is 17.0 Å². The van der Waals surface area contributed by atoms with Gasteiger partial charge in [-0.2, -0.15) is 0 Å². The number of amides is 1. The molecule has 4 heterocycles. The molecule has 0 saturated heterocycles. The smallest absolute Gasteiger partial charge is 0.275 e. The van der Waals surface area contributed by atoms with E-state index in [9.17, 15) is 13.6 Å². The van der Waals surface area contributed by atoms with Crippen LogP contribution in [0, 0.1) is 0 Å². The van der Waals surface area contributed by atoms with Gasteiger partial charge in [-0.15, -0.1) is 5.10 Å². The van der Waals surface area contributed by atoms with Crippen molar-refractivity contribution in [3.05, 3.63) is 59.9 Å². The Bertz CT molecular complexity index is 1360. The van der Waals surface area contributed by atoms with Crippen molar-refractivity contribution in [2.24, 2.45) is 0 Å². The summed E-state index contributed by atoms with van der Waals surface area (Å²) in [5.41, 5.74) is 1.20. The first kappa shape index (κ1) is 22.7. The van der Waals surface area contributed by atoms with Crippen LogP contribution in [-0.2, 0) is 0 Å². The zero-order valence-electron chi connectivity index (χ0n) is 19.1. The van der Waals surface area contributed by atoms with E-state index < -0.39 is 12.3 Å². The van der Waals surface area contributed by atoms with Crippen LogP contribution in [0.25, 0.3) is 17.2 Å². The average Bonchev–Trinajstić information content (AvgIpc) is 3.39. The van der Waals surface area contributed by atoms with E-state index in [0.717, 1.165) is 31.2 Å². The van der Waals surface area contributed by atoms with E-state index in [1.54, 1.807) is 29.1 Å². The van der Waals surface area contributed by atoms with Crippen LogP contribution in [0.15, 0.2) is 43.0 Å². The Morgan fingerprint density at radius 2 is 2.09 bits per heavy atom. The second-order valence-electron chi connectivity index (χ2n) is 8.48. The second kappa shape index (κ2) is 9.28. The Hall–Kier alpha value is -4.09. The number of imidazole rings is 1. The number of nitrogens with zero attached hydrogens (tertiary/aromatic N) is 8. The molecule has 1 aliphatic rings. The fraction of sp³-hybridized carbons (Fsp3) is 0.348. The van der Waals surface area contributed by atoms with E-state index in [-0.39, 0.29) is 28.8 Å². The molecule has 1 N–H and O–H groups in total. The molecular formula is C23H23F2N9O. The van der Waals surface area contributed by atoms with Crippen molar-refractivity contribution >= 4 is 11.7 Å². The van der Waals surface area contributed by atoms with Crippen molar-refractivity contribution in [1.29, 1.82) is 0 Å².